The Morgan fingerprint density at radius 1 is 1.16 bits per heavy atom. The third kappa shape index (κ3) is 3.37. The predicted molar refractivity (Wildman–Crippen MR) is 87.6 cm³/mol. The molecule has 1 aliphatic heterocycles. The van der Waals surface area contributed by atoms with Gasteiger partial charge in [0.25, 0.3) is 0 Å². The minimum atomic E-state index is -1.46. The van der Waals surface area contributed by atoms with E-state index in [4.69, 9.17) is 0 Å². The molecule has 2 heteroatoms. The fourth-order valence-corrected chi connectivity index (χ4v) is 6.71. The van der Waals surface area contributed by atoms with E-state index in [-0.39, 0.29) is 0 Å². The van der Waals surface area contributed by atoms with Crippen LogP contribution in [0.5, 0.6) is 0 Å². The first-order chi connectivity index (χ1) is 9.16. The number of piperidine rings is 1. The highest BCUT2D eigenvalue weighted by molar-refractivity contribution is 6.91. The molecule has 104 valence electrons. The van der Waals surface area contributed by atoms with E-state index < -0.39 is 8.07 Å². The molecule has 0 saturated carbocycles. The van der Waals surface area contributed by atoms with Crippen molar-refractivity contribution in [3.05, 3.63) is 43.0 Å². The van der Waals surface area contributed by atoms with Gasteiger partial charge in [-0.05, 0) is 32.4 Å². The van der Waals surface area contributed by atoms with Crippen molar-refractivity contribution in [2.24, 2.45) is 0 Å². The highest BCUT2D eigenvalue weighted by Crippen LogP contribution is 2.23. The van der Waals surface area contributed by atoms with Gasteiger partial charge in [-0.1, -0.05) is 61.1 Å². The Balaban J connectivity index is 2.23. The summed E-state index contributed by atoms with van der Waals surface area (Å²) in [6.45, 7) is 11.6. The van der Waals surface area contributed by atoms with Gasteiger partial charge in [0.15, 0.2) is 0 Å². The Kier molecular flexibility index (Phi) is 5.00. The summed E-state index contributed by atoms with van der Waals surface area (Å²) in [5.41, 5.74) is 0.702. The van der Waals surface area contributed by atoms with E-state index in [9.17, 15) is 0 Å². The summed E-state index contributed by atoms with van der Waals surface area (Å²) in [6, 6.07) is 11.1. The summed E-state index contributed by atoms with van der Waals surface area (Å²) in [6.07, 6.45) is 7.40. The summed E-state index contributed by atoms with van der Waals surface area (Å²) < 4.78 is 0. The Hall–Kier alpha value is -0.863. The van der Waals surface area contributed by atoms with E-state index in [2.05, 4.69) is 61.0 Å². The molecular weight excluding hydrogens is 246 g/mol. The smallest absolute Gasteiger partial charge is 0.0991 e. The molecule has 0 amide bonds. The van der Waals surface area contributed by atoms with Gasteiger partial charge in [-0.2, -0.15) is 0 Å². The van der Waals surface area contributed by atoms with Crippen molar-refractivity contribution >= 4 is 13.3 Å². The lowest BCUT2D eigenvalue weighted by atomic mass is 10.1. The molecular formula is C17H27NSi. The first-order valence-corrected chi connectivity index (χ1v) is 10.6. The van der Waals surface area contributed by atoms with Crippen LogP contribution in [0.4, 0.5) is 0 Å². The van der Waals surface area contributed by atoms with E-state index in [1.807, 2.05) is 0 Å². The Morgan fingerprint density at radius 2 is 1.79 bits per heavy atom. The Bertz CT molecular complexity index is 393. The topological polar surface area (TPSA) is 3.24 Å². The molecule has 0 N–H and O–H groups in total. The van der Waals surface area contributed by atoms with E-state index in [0.29, 0.717) is 5.67 Å². The molecule has 1 fully saturated rings. The van der Waals surface area contributed by atoms with Gasteiger partial charge in [-0.15, -0.1) is 6.58 Å². The molecule has 1 saturated heterocycles. The van der Waals surface area contributed by atoms with Crippen LogP contribution in [0.1, 0.15) is 25.7 Å². The molecule has 0 bridgehead atoms. The van der Waals surface area contributed by atoms with E-state index in [0.717, 1.165) is 6.42 Å². The molecule has 1 heterocycles. The lowest BCUT2D eigenvalue weighted by molar-refractivity contribution is 0.204. The quantitative estimate of drug-likeness (QED) is 0.585. The summed E-state index contributed by atoms with van der Waals surface area (Å²) in [7, 11) is -1.46. The zero-order valence-corrected chi connectivity index (χ0v) is 13.4. The van der Waals surface area contributed by atoms with Crippen molar-refractivity contribution in [2.75, 3.05) is 13.1 Å². The van der Waals surface area contributed by atoms with E-state index in [1.54, 1.807) is 5.19 Å². The third-order valence-electron chi connectivity index (χ3n) is 4.57. The second-order valence-electron chi connectivity index (χ2n) is 6.22. The van der Waals surface area contributed by atoms with Gasteiger partial charge in [0.1, 0.15) is 0 Å². The van der Waals surface area contributed by atoms with Gasteiger partial charge >= 0.3 is 0 Å². The second-order valence-corrected chi connectivity index (χ2v) is 10.9. The van der Waals surface area contributed by atoms with Crippen LogP contribution in [-0.2, 0) is 0 Å². The Morgan fingerprint density at radius 3 is 2.37 bits per heavy atom. The van der Waals surface area contributed by atoms with Crippen molar-refractivity contribution < 1.29 is 0 Å². The van der Waals surface area contributed by atoms with Crippen LogP contribution in [0.25, 0.3) is 0 Å². The molecule has 0 aromatic heterocycles. The first-order valence-electron chi connectivity index (χ1n) is 7.56. The number of benzene rings is 1. The van der Waals surface area contributed by atoms with Crippen molar-refractivity contribution in [1.82, 2.24) is 4.90 Å². The number of hydrogen-bond donors (Lipinski definition) is 0. The third-order valence-corrected chi connectivity index (χ3v) is 8.66. The molecule has 1 nitrogen and oxygen atoms in total. The SMILES string of the molecule is C=CCC(N1CCCCC1)[Si](C)(C)c1ccccc1. The van der Waals surface area contributed by atoms with Gasteiger partial charge in [0.2, 0.25) is 0 Å². The maximum Gasteiger partial charge on any atom is 0.0991 e. The van der Waals surface area contributed by atoms with Gasteiger partial charge in [0.05, 0.1) is 8.07 Å². The largest absolute Gasteiger partial charge is 0.302 e. The maximum absolute atomic E-state index is 4.00. The molecule has 1 aromatic rings. The van der Waals surface area contributed by atoms with Crippen LogP contribution < -0.4 is 5.19 Å². The summed E-state index contributed by atoms with van der Waals surface area (Å²) >= 11 is 0. The van der Waals surface area contributed by atoms with Crippen molar-refractivity contribution in [1.29, 1.82) is 0 Å². The standard InChI is InChI=1S/C17H27NSi/c1-4-11-17(18-14-9-6-10-15-18)19(2,3)16-12-7-5-8-13-16/h4-5,7-8,12-13,17H,1,6,9-11,14-15H2,2-3H3. The molecule has 1 aromatic carbocycles. The van der Waals surface area contributed by atoms with Gasteiger partial charge in [0, 0.05) is 5.67 Å². The van der Waals surface area contributed by atoms with Crippen LogP contribution in [0.2, 0.25) is 13.1 Å². The van der Waals surface area contributed by atoms with Gasteiger partial charge in [-0.25, -0.2) is 0 Å². The average molecular weight is 273 g/mol. The van der Waals surface area contributed by atoms with Crippen LogP contribution in [-0.4, -0.2) is 31.7 Å². The zero-order chi connectivity index (χ0) is 13.7. The maximum atomic E-state index is 4.00. The molecule has 1 aliphatic rings. The van der Waals surface area contributed by atoms with Crippen LogP contribution >= 0.6 is 0 Å². The van der Waals surface area contributed by atoms with Crippen molar-refractivity contribution in [3.63, 3.8) is 0 Å². The van der Waals surface area contributed by atoms with Crippen molar-refractivity contribution in [3.8, 4) is 0 Å². The second kappa shape index (κ2) is 6.53. The summed E-state index contributed by atoms with van der Waals surface area (Å²) in [5, 5.41) is 1.58. The lowest BCUT2D eigenvalue weighted by Crippen LogP contribution is -2.60. The van der Waals surface area contributed by atoms with Crippen LogP contribution in [0.15, 0.2) is 43.0 Å². The molecule has 19 heavy (non-hydrogen) atoms. The van der Waals surface area contributed by atoms with Gasteiger partial charge in [-0.3, -0.25) is 0 Å². The van der Waals surface area contributed by atoms with Crippen LogP contribution in [0, 0.1) is 0 Å². The lowest BCUT2D eigenvalue weighted by Gasteiger charge is -2.42. The fraction of sp³-hybridized carbons (Fsp3) is 0.529. The minimum Gasteiger partial charge on any atom is -0.302 e. The molecule has 0 aliphatic carbocycles. The normalized spacial score (nSPS) is 19.1. The monoisotopic (exact) mass is 273 g/mol. The number of hydrogen-bond acceptors (Lipinski definition) is 1. The fourth-order valence-electron chi connectivity index (χ4n) is 3.35. The van der Waals surface area contributed by atoms with Gasteiger partial charge < -0.3 is 4.90 Å². The van der Waals surface area contributed by atoms with Crippen molar-refractivity contribution in [2.45, 2.75) is 44.4 Å². The summed E-state index contributed by atoms with van der Waals surface area (Å²) in [5.74, 6) is 0. The summed E-state index contributed by atoms with van der Waals surface area (Å²) in [4.78, 5) is 2.74. The number of nitrogens with zero attached hydrogens (tertiary/aromatic N) is 1. The number of rotatable bonds is 5. The number of likely N-dealkylation sites (tertiary alicyclic amines) is 1. The van der Waals surface area contributed by atoms with E-state index in [1.165, 1.54) is 32.4 Å². The van der Waals surface area contributed by atoms with Crippen LogP contribution in [0.3, 0.4) is 0 Å². The molecule has 1 atom stereocenters. The predicted octanol–water partition coefficient (Wildman–Crippen LogP) is 3.57. The zero-order valence-electron chi connectivity index (χ0n) is 12.4. The molecule has 0 spiro atoms. The molecule has 2 rings (SSSR count). The highest BCUT2D eigenvalue weighted by atomic mass is 28.3. The molecule has 0 radical (unpaired) electrons. The average Bonchev–Trinajstić information content (AvgIpc) is 2.46. The molecule has 1 unspecified atom stereocenters. The minimum absolute atomic E-state index is 0.702. The Labute approximate surface area is 119 Å². The highest BCUT2D eigenvalue weighted by Gasteiger charge is 2.36. The first kappa shape index (κ1) is 14.5. The van der Waals surface area contributed by atoms with E-state index >= 15 is 0 Å².